The molecule has 3 aromatic heterocycles. The summed E-state index contributed by atoms with van der Waals surface area (Å²) in [6.07, 6.45) is 11.1. The van der Waals surface area contributed by atoms with Crippen LogP contribution in [0.1, 0.15) is 37.3 Å². The highest BCUT2D eigenvalue weighted by Gasteiger charge is 2.27. The predicted molar refractivity (Wildman–Crippen MR) is 111 cm³/mol. The van der Waals surface area contributed by atoms with Crippen molar-refractivity contribution in [3.63, 3.8) is 0 Å². The first-order chi connectivity index (χ1) is 13.7. The van der Waals surface area contributed by atoms with E-state index in [4.69, 9.17) is 17.3 Å². The normalized spacial score (nSPS) is 19.6. The van der Waals surface area contributed by atoms with Crippen molar-refractivity contribution in [2.45, 2.75) is 38.1 Å². The summed E-state index contributed by atoms with van der Waals surface area (Å²) in [4.78, 5) is 17.2. The summed E-state index contributed by atoms with van der Waals surface area (Å²) in [5, 5.41) is 1.46. The van der Waals surface area contributed by atoms with E-state index in [2.05, 4.69) is 42.8 Å². The summed E-state index contributed by atoms with van der Waals surface area (Å²) in [5.41, 5.74) is 9.76. The molecule has 0 spiro atoms. The fourth-order valence-electron chi connectivity index (χ4n) is 4.40. The fraction of sp³-hybridized carbons (Fsp3) is 0.333. The van der Waals surface area contributed by atoms with Gasteiger partial charge in [0.1, 0.15) is 22.9 Å². The summed E-state index contributed by atoms with van der Waals surface area (Å²) < 4.78 is 2.28. The number of nitrogen functional groups attached to an aromatic ring is 1. The zero-order valence-corrected chi connectivity index (χ0v) is 16.2. The summed E-state index contributed by atoms with van der Waals surface area (Å²) in [7, 11) is 0. The molecule has 1 aliphatic carbocycles. The topological polar surface area (TPSA) is 82.5 Å². The number of nitrogens with zero attached hydrogens (tertiary/aromatic N) is 5. The molecule has 0 bridgehead atoms. The summed E-state index contributed by atoms with van der Waals surface area (Å²) in [5.74, 6) is 1.17. The SMILES string of the molecule is Nc1cnc2ccc(CCC3CCC(n4ccc5c(Cl)ncnc54)C3)cc2n1. The third-order valence-corrected chi connectivity index (χ3v) is 6.14. The van der Waals surface area contributed by atoms with Crippen LogP contribution >= 0.6 is 11.6 Å². The molecule has 2 unspecified atom stereocenters. The lowest BCUT2D eigenvalue weighted by atomic mass is 9.97. The van der Waals surface area contributed by atoms with Gasteiger partial charge in [-0.05, 0) is 61.8 Å². The number of hydrogen-bond acceptors (Lipinski definition) is 5. The first kappa shape index (κ1) is 17.4. The van der Waals surface area contributed by atoms with E-state index in [1.54, 1.807) is 12.5 Å². The molecular weight excluding hydrogens is 372 g/mol. The Kier molecular flexibility index (Phi) is 4.36. The number of aryl methyl sites for hydroxylation is 1. The number of rotatable bonds is 4. The maximum atomic E-state index is 6.19. The molecule has 28 heavy (non-hydrogen) atoms. The molecule has 0 amide bonds. The summed E-state index contributed by atoms with van der Waals surface area (Å²) >= 11 is 6.19. The molecular formula is C21H21ClN6. The van der Waals surface area contributed by atoms with Crippen molar-refractivity contribution in [1.29, 1.82) is 0 Å². The minimum absolute atomic E-state index is 0.464. The van der Waals surface area contributed by atoms with E-state index in [9.17, 15) is 0 Å². The van der Waals surface area contributed by atoms with Crippen molar-refractivity contribution in [1.82, 2.24) is 24.5 Å². The Hall–Kier alpha value is -2.73. The van der Waals surface area contributed by atoms with Crippen molar-refractivity contribution in [3.8, 4) is 0 Å². The van der Waals surface area contributed by atoms with Crippen molar-refractivity contribution in [3.05, 3.63) is 53.7 Å². The fourth-order valence-corrected chi connectivity index (χ4v) is 4.59. The van der Waals surface area contributed by atoms with Gasteiger partial charge in [-0.1, -0.05) is 17.7 Å². The monoisotopic (exact) mass is 392 g/mol. The second-order valence-corrected chi connectivity index (χ2v) is 7.97. The van der Waals surface area contributed by atoms with Crippen LogP contribution in [0, 0.1) is 5.92 Å². The Labute approximate surface area is 167 Å². The lowest BCUT2D eigenvalue weighted by molar-refractivity contribution is 0.461. The maximum absolute atomic E-state index is 6.19. The molecule has 5 rings (SSSR count). The smallest absolute Gasteiger partial charge is 0.145 e. The second-order valence-electron chi connectivity index (χ2n) is 7.61. The second kappa shape index (κ2) is 7.02. The molecule has 2 N–H and O–H groups in total. The molecule has 0 aliphatic heterocycles. The van der Waals surface area contributed by atoms with Crippen LogP contribution in [-0.2, 0) is 6.42 Å². The van der Waals surface area contributed by atoms with Gasteiger partial charge >= 0.3 is 0 Å². The highest BCUT2D eigenvalue weighted by atomic mass is 35.5. The van der Waals surface area contributed by atoms with Crippen LogP contribution in [0.5, 0.6) is 0 Å². The molecule has 1 aromatic carbocycles. The highest BCUT2D eigenvalue weighted by Crippen LogP contribution is 2.39. The first-order valence-corrected chi connectivity index (χ1v) is 10.0. The molecule has 6 nitrogen and oxygen atoms in total. The van der Waals surface area contributed by atoms with Crippen molar-refractivity contribution in [2.24, 2.45) is 5.92 Å². The van der Waals surface area contributed by atoms with E-state index in [0.29, 0.717) is 22.9 Å². The van der Waals surface area contributed by atoms with Crippen LogP contribution < -0.4 is 5.73 Å². The van der Waals surface area contributed by atoms with E-state index in [1.807, 2.05) is 12.1 Å². The zero-order valence-electron chi connectivity index (χ0n) is 15.4. The van der Waals surface area contributed by atoms with Crippen LogP contribution in [0.3, 0.4) is 0 Å². The standard InChI is InChI=1S/C21H21ClN6/c22-20-16-7-8-28(21(16)26-12-25-20)15-5-3-13(9-15)1-2-14-4-6-17-18(10-14)27-19(23)11-24-17/h4,6-8,10-13,15H,1-3,5,9H2,(H2,23,27). The molecule has 142 valence electrons. The lowest BCUT2D eigenvalue weighted by Crippen LogP contribution is -2.06. The number of benzene rings is 1. The number of nitrogens with two attached hydrogens (primary N) is 1. The van der Waals surface area contributed by atoms with Crippen LogP contribution in [-0.4, -0.2) is 24.5 Å². The number of anilines is 1. The van der Waals surface area contributed by atoms with Gasteiger partial charge in [-0.3, -0.25) is 4.98 Å². The maximum Gasteiger partial charge on any atom is 0.145 e. The molecule has 7 heteroatoms. The molecule has 1 aliphatic rings. The molecule has 4 aromatic rings. The van der Waals surface area contributed by atoms with Gasteiger partial charge in [-0.25, -0.2) is 15.0 Å². The Bertz CT molecular complexity index is 1150. The van der Waals surface area contributed by atoms with Gasteiger partial charge in [-0.15, -0.1) is 0 Å². The minimum atomic E-state index is 0.464. The van der Waals surface area contributed by atoms with Gasteiger partial charge in [0.05, 0.1) is 22.6 Å². The van der Waals surface area contributed by atoms with Crippen molar-refractivity contribution < 1.29 is 0 Å². The number of hydrogen-bond donors (Lipinski definition) is 1. The predicted octanol–water partition coefficient (Wildman–Crippen LogP) is 4.58. The van der Waals surface area contributed by atoms with E-state index in [1.165, 1.54) is 31.2 Å². The Morgan fingerprint density at radius 2 is 2.04 bits per heavy atom. The molecule has 0 saturated heterocycles. The van der Waals surface area contributed by atoms with Crippen LogP contribution in [0.25, 0.3) is 22.1 Å². The third kappa shape index (κ3) is 3.18. The van der Waals surface area contributed by atoms with E-state index < -0.39 is 0 Å². The van der Waals surface area contributed by atoms with Crippen molar-refractivity contribution >= 4 is 39.5 Å². The number of halogens is 1. The van der Waals surface area contributed by atoms with Gasteiger partial charge in [0.25, 0.3) is 0 Å². The van der Waals surface area contributed by atoms with Crippen molar-refractivity contribution in [2.75, 3.05) is 5.73 Å². The molecule has 1 fully saturated rings. The summed E-state index contributed by atoms with van der Waals surface area (Å²) in [6.45, 7) is 0. The average molecular weight is 393 g/mol. The summed E-state index contributed by atoms with van der Waals surface area (Å²) in [6, 6.07) is 8.80. The van der Waals surface area contributed by atoms with Gasteiger partial charge in [0.15, 0.2) is 0 Å². The number of fused-ring (bicyclic) bond motifs is 2. The molecule has 0 radical (unpaired) electrons. The average Bonchev–Trinajstić information content (AvgIpc) is 3.33. The molecule has 2 atom stereocenters. The Morgan fingerprint density at radius 1 is 1.11 bits per heavy atom. The Morgan fingerprint density at radius 3 is 2.96 bits per heavy atom. The third-order valence-electron chi connectivity index (χ3n) is 5.83. The van der Waals surface area contributed by atoms with Gasteiger partial charge < -0.3 is 10.3 Å². The largest absolute Gasteiger partial charge is 0.382 e. The van der Waals surface area contributed by atoms with Crippen LogP contribution in [0.4, 0.5) is 5.82 Å². The van der Waals surface area contributed by atoms with E-state index in [-0.39, 0.29) is 0 Å². The van der Waals surface area contributed by atoms with E-state index >= 15 is 0 Å². The molecule has 1 saturated carbocycles. The number of aromatic nitrogens is 5. The van der Waals surface area contributed by atoms with Gasteiger partial charge in [0, 0.05) is 12.2 Å². The van der Waals surface area contributed by atoms with Gasteiger partial charge in [-0.2, -0.15) is 0 Å². The highest BCUT2D eigenvalue weighted by molar-refractivity contribution is 6.33. The van der Waals surface area contributed by atoms with Crippen LogP contribution in [0.2, 0.25) is 5.15 Å². The van der Waals surface area contributed by atoms with Crippen LogP contribution in [0.15, 0.2) is 43.0 Å². The molecule has 3 heterocycles. The zero-order chi connectivity index (χ0) is 19.1. The quantitative estimate of drug-likeness (QED) is 0.514. The minimum Gasteiger partial charge on any atom is -0.382 e. The Balaban J connectivity index is 1.27. The van der Waals surface area contributed by atoms with Gasteiger partial charge in [0.2, 0.25) is 0 Å². The lowest BCUT2D eigenvalue weighted by Gasteiger charge is -2.14. The first-order valence-electron chi connectivity index (χ1n) is 9.65. The van der Waals surface area contributed by atoms with E-state index in [0.717, 1.165) is 28.5 Å².